The van der Waals surface area contributed by atoms with E-state index in [0.717, 1.165) is 17.7 Å². The first-order chi connectivity index (χ1) is 8.13. The fourth-order valence-corrected chi connectivity index (χ4v) is 1.74. The van der Waals surface area contributed by atoms with Crippen molar-refractivity contribution in [3.05, 3.63) is 29.3 Å². The van der Waals surface area contributed by atoms with E-state index in [0.29, 0.717) is 6.61 Å². The van der Waals surface area contributed by atoms with E-state index in [1.807, 2.05) is 32.0 Å². The summed E-state index contributed by atoms with van der Waals surface area (Å²) >= 11 is 0. The Hall–Kier alpha value is -1.51. The van der Waals surface area contributed by atoms with Gasteiger partial charge in [0.1, 0.15) is 5.75 Å². The summed E-state index contributed by atoms with van der Waals surface area (Å²) in [5, 5.41) is 0. The van der Waals surface area contributed by atoms with Crippen LogP contribution in [0.2, 0.25) is 0 Å². The van der Waals surface area contributed by atoms with Crippen molar-refractivity contribution in [1.29, 1.82) is 0 Å². The first-order valence-corrected chi connectivity index (χ1v) is 5.97. The molecule has 0 aliphatic rings. The van der Waals surface area contributed by atoms with Crippen molar-refractivity contribution in [2.75, 3.05) is 13.7 Å². The fourth-order valence-electron chi connectivity index (χ4n) is 1.74. The van der Waals surface area contributed by atoms with E-state index in [1.165, 1.54) is 5.56 Å². The van der Waals surface area contributed by atoms with Gasteiger partial charge in [-0.05, 0) is 31.9 Å². The average Bonchev–Trinajstić information content (AvgIpc) is 2.37. The Morgan fingerprint density at radius 2 is 2.06 bits per heavy atom. The Kier molecular flexibility index (Phi) is 5.01. The smallest absolute Gasteiger partial charge is 0.313 e. The molecular formula is C14H20O3. The van der Waals surface area contributed by atoms with Crippen LogP contribution in [-0.2, 0) is 16.0 Å². The molecule has 0 fully saturated rings. The molecule has 17 heavy (non-hydrogen) atoms. The summed E-state index contributed by atoms with van der Waals surface area (Å²) < 4.78 is 10.3. The monoisotopic (exact) mass is 236 g/mol. The van der Waals surface area contributed by atoms with Gasteiger partial charge in [0.05, 0.1) is 19.6 Å². The van der Waals surface area contributed by atoms with Crippen molar-refractivity contribution in [1.82, 2.24) is 0 Å². The maximum absolute atomic E-state index is 11.7. The van der Waals surface area contributed by atoms with Gasteiger partial charge >= 0.3 is 5.97 Å². The van der Waals surface area contributed by atoms with Crippen LogP contribution in [0.5, 0.6) is 5.75 Å². The number of ether oxygens (including phenoxy) is 2. The Labute approximate surface area is 103 Å². The highest BCUT2D eigenvalue weighted by Crippen LogP contribution is 2.28. The first kappa shape index (κ1) is 13.6. The lowest BCUT2D eigenvalue weighted by molar-refractivity contribution is -0.144. The number of carbonyl (C=O) groups is 1. The van der Waals surface area contributed by atoms with Crippen LogP contribution in [-0.4, -0.2) is 19.7 Å². The minimum absolute atomic E-state index is 0.209. The predicted molar refractivity (Wildman–Crippen MR) is 67.4 cm³/mol. The number of hydrogen-bond donors (Lipinski definition) is 0. The molecule has 0 spiro atoms. The van der Waals surface area contributed by atoms with Crippen molar-refractivity contribution >= 4 is 5.97 Å². The van der Waals surface area contributed by atoms with Crippen molar-refractivity contribution < 1.29 is 14.3 Å². The Morgan fingerprint density at radius 3 is 2.59 bits per heavy atom. The van der Waals surface area contributed by atoms with Crippen LogP contribution in [0.1, 0.15) is 37.8 Å². The number of carbonyl (C=O) groups excluding carboxylic acids is 1. The molecule has 1 rings (SSSR count). The van der Waals surface area contributed by atoms with Crippen LogP contribution >= 0.6 is 0 Å². The van der Waals surface area contributed by atoms with Gasteiger partial charge in [-0.15, -0.1) is 0 Å². The van der Waals surface area contributed by atoms with Gasteiger partial charge in [0.2, 0.25) is 0 Å². The Balaban J connectivity index is 3.04. The van der Waals surface area contributed by atoms with E-state index in [4.69, 9.17) is 9.47 Å². The largest absolute Gasteiger partial charge is 0.496 e. The quantitative estimate of drug-likeness (QED) is 0.737. The maximum atomic E-state index is 11.7. The Bertz CT molecular complexity index is 385. The standard InChI is InChI=1S/C14H20O3/c1-5-11-7-8-13(16-4)12(9-11)10(3)14(15)17-6-2/h7-10H,5-6H2,1-4H3. The second-order valence-electron chi connectivity index (χ2n) is 3.90. The van der Waals surface area contributed by atoms with Crippen molar-refractivity contribution in [2.24, 2.45) is 0 Å². The fraction of sp³-hybridized carbons (Fsp3) is 0.500. The molecular weight excluding hydrogens is 216 g/mol. The van der Waals surface area contributed by atoms with Crippen LogP contribution in [0.25, 0.3) is 0 Å². The van der Waals surface area contributed by atoms with E-state index in [1.54, 1.807) is 7.11 Å². The van der Waals surface area contributed by atoms with Gasteiger partial charge in [-0.2, -0.15) is 0 Å². The molecule has 1 unspecified atom stereocenters. The Morgan fingerprint density at radius 1 is 1.35 bits per heavy atom. The summed E-state index contributed by atoms with van der Waals surface area (Å²) in [6, 6.07) is 5.94. The molecule has 3 heteroatoms. The zero-order chi connectivity index (χ0) is 12.8. The molecule has 0 bridgehead atoms. The molecule has 0 aliphatic heterocycles. The highest BCUT2D eigenvalue weighted by Gasteiger charge is 2.20. The minimum Gasteiger partial charge on any atom is -0.496 e. The van der Waals surface area contributed by atoms with Crippen LogP contribution in [0.15, 0.2) is 18.2 Å². The summed E-state index contributed by atoms with van der Waals surface area (Å²) in [6.07, 6.45) is 0.937. The van der Waals surface area contributed by atoms with Crippen molar-refractivity contribution in [3.63, 3.8) is 0 Å². The van der Waals surface area contributed by atoms with E-state index in [-0.39, 0.29) is 11.9 Å². The lowest BCUT2D eigenvalue weighted by atomic mass is 9.97. The molecule has 94 valence electrons. The second-order valence-corrected chi connectivity index (χ2v) is 3.90. The van der Waals surface area contributed by atoms with Crippen molar-refractivity contribution in [2.45, 2.75) is 33.1 Å². The zero-order valence-electron chi connectivity index (χ0n) is 10.9. The molecule has 0 radical (unpaired) electrons. The molecule has 0 aliphatic carbocycles. The normalized spacial score (nSPS) is 12.0. The summed E-state index contributed by atoms with van der Waals surface area (Å²) in [4.78, 5) is 11.7. The van der Waals surface area contributed by atoms with Gasteiger partial charge in [0, 0.05) is 5.56 Å². The second kappa shape index (κ2) is 6.28. The number of hydrogen-bond acceptors (Lipinski definition) is 3. The third kappa shape index (κ3) is 3.22. The predicted octanol–water partition coefficient (Wildman–Crippen LogP) is 2.92. The van der Waals surface area contributed by atoms with E-state index in [2.05, 4.69) is 6.92 Å². The van der Waals surface area contributed by atoms with Crippen LogP contribution in [0.4, 0.5) is 0 Å². The van der Waals surface area contributed by atoms with Gasteiger partial charge in [-0.3, -0.25) is 4.79 Å². The van der Waals surface area contributed by atoms with Gasteiger partial charge in [-0.1, -0.05) is 19.1 Å². The van der Waals surface area contributed by atoms with Gasteiger partial charge in [0.15, 0.2) is 0 Å². The van der Waals surface area contributed by atoms with E-state index in [9.17, 15) is 4.79 Å². The SMILES string of the molecule is CCOC(=O)C(C)c1cc(CC)ccc1OC. The minimum atomic E-state index is -0.295. The number of esters is 1. The number of rotatable bonds is 5. The molecule has 1 atom stereocenters. The van der Waals surface area contributed by atoms with Crippen LogP contribution in [0.3, 0.4) is 0 Å². The maximum Gasteiger partial charge on any atom is 0.313 e. The topological polar surface area (TPSA) is 35.5 Å². The third-order valence-electron chi connectivity index (χ3n) is 2.81. The van der Waals surface area contributed by atoms with Crippen LogP contribution in [0, 0.1) is 0 Å². The number of benzene rings is 1. The average molecular weight is 236 g/mol. The van der Waals surface area contributed by atoms with E-state index >= 15 is 0 Å². The molecule has 1 aromatic rings. The molecule has 0 N–H and O–H groups in total. The van der Waals surface area contributed by atoms with E-state index < -0.39 is 0 Å². The molecule has 0 heterocycles. The summed E-state index contributed by atoms with van der Waals surface area (Å²) in [7, 11) is 1.61. The zero-order valence-corrected chi connectivity index (χ0v) is 10.9. The molecule has 0 aromatic heterocycles. The van der Waals surface area contributed by atoms with Gasteiger partial charge in [-0.25, -0.2) is 0 Å². The highest BCUT2D eigenvalue weighted by molar-refractivity contribution is 5.78. The summed E-state index contributed by atoms with van der Waals surface area (Å²) in [5.41, 5.74) is 2.09. The third-order valence-corrected chi connectivity index (χ3v) is 2.81. The lowest BCUT2D eigenvalue weighted by Crippen LogP contribution is -2.14. The molecule has 0 saturated heterocycles. The highest BCUT2D eigenvalue weighted by atomic mass is 16.5. The lowest BCUT2D eigenvalue weighted by Gasteiger charge is -2.15. The summed E-state index contributed by atoms with van der Waals surface area (Å²) in [5.74, 6) is 0.234. The van der Waals surface area contributed by atoms with Crippen molar-refractivity contribution in [3.8, 4) is 5.75 Å². The molecule has 0 saturated carbocycles. The molecule has 0 amide bonds. The molecule has 1 aromatic carbocycles. The first-order valence-electron chi connectivity index (χ1n) is 5.97. The molecule has 3 nitrogen and oxygen atoms in total. The number of aryl methyl sites for hydroxylation is 1. The number of methoxy groups -OCH3 is 1. The summed E-state index contributed by atoms with van der Waals surface area (Å²) in [6.45, 7) is 6.14. The van der Waals surface area contributed by atoms with Crippen LogP contribution < -0.4 is 4.74 Å². The van der Waals surface area contributed by atoms with Gasteiger partial charge in [0.25, 0.3) is 0 Å². The van der Waals surface area contributed by atoms with Gasteiger partial charge < -0.3 is 9.47 Å².